The first-order valence-electron chi connectivity index (χ1n) is 8.97. The van der Waals surface area contributed by atoms with E-state index in [1.165, 1.54) is 0 Å². The minimum Gasteiger partial charge on any atom is -0.497 e. The van der Waals surface area contributed by atoms with Gasteiger partial charge in [0.05, 0.1) is 13.5 Å². The van der Waals surface area contributed by atoms with Crippen LogP contribution in [-0.4, -0.2) is 36.9 Å². The predicted octanol–water partition coefficient (Wildman–Crippen LogP) is 4.10. The summed E-state index contributed by atoms with van der Waals surface area (Å²) in [5.41, 5.74) is 1.57. The van der Waals surface area contributed by atoms with Crippen molar-refractivity contribution in [3.05, 3.63) is 63.6 Å². The van der Waals surface area contributed by atoms with Gasteiger partial charge in [-0.1, -0.05) is 48.3 Å². The van der Waals surface area contributed by atoms with Crippen LogP contribution < -0.4 is 10.1 Å². The highest BCUT2D eigenvalue weighted by molar-refractivity contribution is 6.35. The van der Waals surface area contributed by atoms with Gasteiger partial charge in [0.15, 0.2) is 0 Å². The van der Waals surface area contributed by atoms with E-state index in [2.05, 4.69) is 5.32 Å². The number of hydrogen-bond acceptors (Lipinski definition) is 3. The molecule has 0 radical (unpaired) electrons. The highest BCUT2D eigenvalue weighted by Gasteiger charge is 2.28. The number of benzene rings is 2. The summed E-state index contributed by atoms with van der Waals surface area (Å²) < 4.78 is 5.15. The van der Waals surface area contributed by atoms with E-state index in [1.54, 1.807) is 49.4 Å². The third kappa shape index (κ3) is 5.63. The van der Waals surface area contributed by atoms with E-state index in [4.69, 9.17) is 27.9 Å². The SMILES string of the molecule is CC[C@H](C(=O)NC)N(Cc1ccc(Cl)cc1Cl)C(=O)Cc1ccc(OC)cc1. The van der Waals surface area contributed by atoms with E-state index < -0.39 is 6.04 Å². The van der Waals surface area contributed by atoms with Crippen LogP contribution in [0.25, 0.3) is 0 Å². The number of rotatable bonds is 8. The van der Waals surface area contributed by atoms with Gasteiger partial charge >= 0.3 is 0 Å². The van der Waals surface area contributed by atoms with Crippen molar-refractivity contribution in [2.24, 2.45) is 0 Å². The summed E-state index contributed by atoms with van der Waals surface area (Å²) in [6, 6.07) is 11.8. The quantitative estimate of drug-likeness (QED) is 0.696. The van der Waals surface area contributed by atoms with Gasteiger partial charge in [-0.2, -0.15) is 0 Å². The fraction of sp³-hybridized carbons (Fsp3) is 0.333. The lowest BCUT2D eigenvalue weighted by molar-refractivity contribution is -0.140. The van der Waals surface area contributed by atoms with Crippen LogP contribution in [0.3, 0.4) is 0 Å². The van der Waals surface area contributed by atoms with E-state index in [-0.39, 0.29) is 24.8 Å². The highest BCUT2D eigenvalue weighted by atomic mass is 35.5. The molecule has 0 saturated heterocycles. The third-order valence-corrected chi connectivity index (χ3v) is 5.09. The lowest BCUT2D eigenvalue weighted by Crippen LogP contribution is -2.48. The third-order valence-electron chi connectivity index (χ3n) is 4.50. The number of nitrogens with zero attached hydrogens (tertiary/aromatic N) is 1. The van der Waals surface area contributed by atoms with Crippen molar-refractivity contribution >= 4 is 35.0 Å². The largest absolute Gasteiger partial charge is 0.497 e. The minimum absolute atomic E-state index is 0.161. The molecule has 0 spiro atoms. The number of ether oxygens (including phenoxy) is 1. The van der Waals surface area contributed by atoms with Gasteiger partial charge < -0.3 is 15.0 Å². The van der Waals surface area contributed by atoms with Gasteiger partial charge in [-0.25, -0.2) is 0 Å². The Morgan fingerprint density at radius 3 is 2.36 bits per heavy atom. The highest BCUT2D eigenvalue weighted by Crippen LogP contribution is 2.24. The number of amides is 2. The van der Waals surface area contributed by atoms with Crippen molar-refractivity contribution in [2.75, 3.05) is 14.2 Å². The topological polar surface area (TPSA) is 58.6 Å². The van der Waals surface area contributed by atoms with E-state index in [9.17, 15) is 9.59 Å². The van der Waals surface area contributed by atoms with Crippen molar-refractivity contribution in [2.45, 2.75) is 32.4 Å². The number of nitrogens with one attached hydrogen (secondary N) is 1. The van der Waals surface area contributed by atoms with Gasteiger partial charge in [0.2, 0.25) is 11.8 Å². The molecule has 2 rings (SSSR count). The normalized spacial score (nSPS) is 11.6. The van der Waals surface area contributed by atoms with Crippen molar-refractivity contribution < 1.29 is 14.3 Å². The first kappa shape index (κ1) is 22.1. The monoisotopic (exact) mass is 422 g/mol. The van der Waals surface area contributed by atoms with Crippen LogP contribution in [0.15, 0.2) is 42.5 Å². The Kier molecular flexibility index (Phi) is 8.15. The van der Waals surface area contributed by atoms with Crippen LogP contribution in [0.2, 0.25) is 10.0 Å². The molecule has 2 aromatic carbocycles. The molecule has 1 N–H and O–H groups in total. The number of carbonyl (C=O) groups excluding carboxylic acids is 2. The molecule has 28 heavy (non-hydrogen) atoms. The van der Waals surface area contributed by atoms with Crippen molar-refractivity contribution in [1.82, 2.24) is 10.2 Å². The van der Waals surface area contributed by atoms with Gasteiger partial charge in [0, 0.05) is 23.6 Å². The first-order valence-corrected chi connectivity index (χ1v) is 9.73. The number of carbonyl (C=O) groups is 2. The summed E-state index contributed by atoms with van der Waals surface area (Å²) in [5.74, 6) is 0.347. The smallest absolute Gasteiger partial charge is 0.242 e. The summed E-state index contributed by atoms with van der Waals surface area (Å²) in [6.45, 7) is 2.09. The second-order valence-corrected chi connectivity index (χ2v) is 7.16. The molecule has 0 saturated carbocycles. The zero-order valence-corrected chi connectivity index (χ0v) is 17.7. The zero-order valence-electron chi connectivity index (χ0n) is 16.2. The summed E-state index contributed by atoms with van der Waals surface area (Å²) in [5, 5.41) is 3.61. The average Bonchev–Trinajstić information content (AvgIpc) is 2.69. The second kappa shape index (κ2) is 10.3. The fourth-order valence-electron chi connectivity index (χ4n) is 2.94. The Balaban J connectivity index is 2.29. The molecule has 2 amide bonds. The van der Waals surface area contributed by atoms with Crippen molar-refractivity contribution in [3.63, 3.8) is 0 Å². The number of halogens is 2. The minimum atomic E-state index is -0.595. The van der Waals surface area contributed by atoms with Crippen LogP contribution in [0.4, 0.5) is 0 Å². The fourth-order valence-corrected chi connectivity index (χ4v) is 3.41. The number of likely N-dealkylation sites (N-methyl/N-ethyl adjacent to an activating group) is 1. The number of methoxy groups -OCH3 is 1. The second-order valence-electron chi connectivity index (χ2n) is 6.32. The Labute approximate surface area is 175 Å². The predicted molar refractivity (Wildman–Crippen MR) is 112 cm³/mol. The molecule has 0 aromatic heterocycles. The van der Waals surface area contributed by atoms with Crippen LogP contribution in [0.1, 0.15) is 24.5 Å². The van der Waals surface area contributed by atoms with E-state index in [0.29, 0.717) is 16.5 Å². The van der Waals surface area contributed by atoms with Gasteiger partial charge in [-0.05, 0) is 41.8 Å². The average molecular weight is 423 g/mol. The van der Waals surface area contributed by atoms with Gasteiger partial charge in [-0.15, -0.1) is 0 Å². The molecule has 5 nitrogen and oxygen atoms in total. The maximum atomic E-state index is 13.1. The van der Waals surface area contributed by atoms with E-state index >= 15 is 0 Å². The summed E-state index contributed by atoms with van der Waals surface area (Å²) in [6.07, 6.45) is 0.655. The van der Waals surface area contributed by atoms with E-state index in [0.717, 1.165) is 16.9 Å². The van der Waals surface area contributed by atoms with Gasteiger partial charge in [0.1, 0.15) is 11.8 Å². The Morgan fingerprint density at radius 1 is 1.14 bits per heavy atom. The van der Waals surface area contributed by atoms with Crippen molar-refractivity contribution in [3.8, 4) is 5.75 Å². The molecule has 7 heteroatoms. The van der Waals surface area contributed by atoms with Crippen LogP contribution in [0.5, 0.6) is 5.75 Å². The molecule has 0 fully saturated rings. The molecule has 0 unspecified atom stereocenters. The van der Waals surface area contributed by atoms with Gasteiger partial charge in [-0.3, -0.25) is 9.59 Å². The lowest BCUT2D eigenvalue weighted by Gasteiger charge is -2.30. The van der Waals surface area contributed by atoms with Crippen LogP contribution >= 0.6 is 23.2 Å². The van der Waals surface area contributed by atoms with Gasteiger partial charge in [0.25, 0.3) is 0 Å². The van der Waals surface area contributed by atoms with Crippen LogP contribution in [0, 0.1) is 0 Å². The van der Waals surface area contributed by atoms with E-state index in [1.807, 2.05) is 19.1 Å². The first-order chi connectivity index (χ1) is 13.4. The summed E-state index contributed by atoms with van der Waals surface area (Å²) in [7, 11) is 3.15. The molecule has 150 valence electrons. The molecule has 2 aromatic rings. The molecule has 1 atom stereocenters. The Morgan fingerprint density at radius 2 is 1.82 bits per heavy atom. The molecule has 0 aliphatic rings. The molecule has 0 aliphatic heterocycles. The van der Waals surface area contributed by atoms with Crippen LogP contribution in [-0.2, 0) is 22.6 Å². The molecular weight excluding hydrogens is 399 g/mol. The number of hydrogen-bond donors (Lipinski definition) is 1. The Bertz CT molecular complexity index is 825. The zero-order chi connectivity index (χ0) is 20.7. The lowest BCUT2D eigenvalue weighted by atomic mass is 10.1. The van der Waals surface area contributed by atoms with Crippen molar-refractivity contribution in [1.29, 1.82) is 0 Å². The molecule has 0 bridgehead atoms. The molecule has 0 aliphatic carbocycles. The maximum Gasteiger partial charge on any atom is 0.242 e. The maximum absolute atomic E-state index is 13.1. The summed E-state index contributed by atoms with van der Waals surface area (Å²) >= 11 is 12.3. The summed E-state index contributed by atoms with van der Waals surface area (Å²) in [4.78, 5) is 27.1. The standard InChI is InChI=1S/C21H24Cl2N2O3/c1-4-19(21(27)24-2)25(13-15-7-8-16(22)12-18(15)23)20(26)11-14-5-9-17(28-3)10-6-14/h5-10,12,19H,4,11,13H2,1-3H3,(H,24,27)/t19-/m1/s1. The molecular formula is C21H24Cl2N2O3. The Hall–Kier alpha value is -2.24. The molecule has 0 heterocycles.